The minimum atomic E-state index is -0.404. The summed E-state index contributed by atoms with van der Waals surface area (Å²) in [6.45, 7) is 11.8. The molecule has 1 aromatic rings. The van der Waals surface area contributed by atoms with Gasteiger partial charge in [-0.05, 0) is 93.0 Å². The highest BCUT2D eigenvalue weighted by Crippen LogP contribution is 2.50. The van der Waals surface area contributed by atoms with E-state index in [4.69, 9.17) is 14.2 Å². The predicted molar refractivity (Wildman–Crippen MR) is 192 cm³/mol. The van der Waals surface area contributed by atoms with E-state index in [0.717, 1.165) is 55.6 Å². The highest BCUT2D eigenvalue weighted by atomic mass is 16.7. The van der Waals surface area contributed by atoms with Crippen LogP contribution in [0.1, 0.15) is 85.0 Å². The van der Waals surface area contributed by atoms with Crippen LogP contribution in [0.4, 0.5) is 0 Å². The fraction of sp³-hybridized carbons (Fsp3) is 0.452. The van der Waals surface area contributed by atoms with Gasteiger partial charge in [-0.15, -0.1) is 0 Å². The summed E-state index contributed by atoms with van der Waals surface area (Å²) in [6.07, 6.45) is 26.7. The predicted octanol–water partition coefficient (Wildman–Crippen LogP) is 9.51. The molecule has 5 nitrogen and oxygen atoms in total. The van der Waals surface area contributed by atoms with E-state index in [1.54, 1.807) is 14.2 Å². The summed E-state index contributed by atoms with van der Waals surface area (Å²) < 4.78 is 20.3. The zero-order chi connectivity index (χ0) is 33.6. The van der Waals surface area contributed by atoms with Gasteiger partial charge in [0.2, 0.25) is 0 Å². The van der Waals surface area contributed by atoms with Crippen molar-refractivity contribution in [2.75, 3.05) is 28.3 Å². The Bertz CT molecular complexity index is 1700. The standard InChI is InChI=1S/C42H53N2O3/c1-40(2)33-17-10-11-18-34(33)43(6)36(40)26-22-29-15-14-16-30(38(29)47-32-24-20-31(21-25-32)39(45-8)46-9)23-27-37-41(3,4)35-19-12-13-28-42(35,5)44(37)7/h11-13,18-27,39H,10,14-17,28H2,1-9H3/q+1. The number of likely N-dealkylation sites (N-methyl/N-ethyl adjacent to an activating group) is 2. The second-order valence-corrected chi connectivity index (χ2v) is 14.8. The van der Waals surface area contributed by atoms with Crippen LogP contribution < -0.4 is 4.74 Å². The molecule has 5 heteroatoms. The first-order chi connectivity index (χ1) is 22.4. The Labute approximate surface area is 282 Å². The fourth-order valence-corrected chi connectivity index (χ4v) is 8.61. The highest BCUT2D eigenvalue weighted by Gasteiger charge is 2.56. The number of fused-ring (bicyclic) bond motifs is 1. The third-order valence-corrected chi connectivity index (χ3v) is 11.3. The van der Waals surface area contributed by atoms with Gasteiger partial charge in [0, 0.05) is 68.6 Å². The van der Waals surface area contributed by atoms with Crippen molar-refractivity contribution in [3.05, 3.63) is 124 Å². The number of methoxy groups -OCH3 is 2. The van der Waals surface area contributed by atoms with Gasteiger partial charge >= 0.3 is 0 Å². The minimum absolute atomic E-state index is 0.00194. The molecule has 1 atom stereocenters. The smallest absolute Gasteiger partial charge is 0.186 e. The number of hydrogen-bond acceptors (Lipinski definition) is 4. The first-order valence-electron chi connectivity index (χ1n) is 17.2. The lowest BCUT2D eigenvalue weighted by molar-refractivity contribution is -0.560. The van der Waals surface area contributed by atoms with Gasteiger partial charge in [-0.2, -0.15) is 0 Å². The van der Waals surface area contributed by atoms with Gasteiger partial charge in [-0.3, -0.25) is 0 Å². The van der Waals surface area contributed by atoms with Crippen LogP contribution in [0.3, 0.4) is 0 Å². The van der Waals surface area contributed by atoms with Crippen molar-refractivity contribution in [3.63, 3.8) is 0 Å². The van der Waals surface area contributed by atoms with Crippen molar-refractivity contribution in [1.29, 1.82) is 0 Å². The van der Waals surface area contributed by atoms with Crippen molar-refractivity contribution in [3.8, 4) is 5.75 Å². The molecule has 0 saturated carbocycles. The van der Waals surface area contributed by atoms with Gasteiger partial charge in [0.05, 0.1) is 5.41 Å². The summed E-state index contributed by atoms with van der Waals surface area (Å²) in [5, 5.41) is 0. The van der Waals surface area contributed by atoms with E-state index in [0.29, 0.717) is 0 Å². The second kappa shape index (κ2) is 12.7. The van der Waals surface area contributed by atoms with Crippen LogP contribution in [0.25, 0.3) is 0 Å². The van der Waals surface area contributed by atoms with Crippen molar-refractivity contribution in [2.24, 2.45) is 10.8 Å². The van der Waals surface area contributed by atoms with E-state index < -0.39 is 6.29 Å². The number of hydrogen-bond donors (Lipinski definition) is 0. The Kier molecular flexibility index (Phi) is 9.01. The molecule has 0 saturated heterocycles. The van der Waals surface area contributed by atoms with Crippen LogP contribution in [0, 0.1) is 10.8 Å². The molecule has 248 valence electrons. The van der Waals surface area contributed by atoms with Gasteiger partial charge in [-0.25, -0.2) is 4.58 Å². The molecular weight excluding hydrogens is 580 g/mol. The van der Waals surface area contributed by atoms with Gasteiger partial charge in [0.1, 0.15) is 18.6 Å². The molecule has 0 aromatic heterocycles. The number of benzene rings is 1. The Morgan fingerprint density at radius 1 is 0.894 bits per heavy atom. The minimum Gasteiger partial charge on any atom is -0.457 e. The van der Waals surface area contributed by atoms with Gasteiger partial charge < -0.3 is 19.1 Å². The summed E-state index contributed by atoms with van der Waals surface area (Å²) in [6, 6.07) is 8.08. The molecule has 0 spiro atoms. The van der Waals surface area contributed by atoms with Gasteiger partial charge in [-0.1, -0.05) is 56.4 Å². The molecule has 47 heavy (non-hydrogen) atoms. The van der Waals surface area contributed by atoms with Crippen LogP contribution in [0.5, 0.6) is 5.75 Å². The largest absolute Gasteiger partial charge is 0.457 e. The number of allylic oxidation sites excluding steroid dienone is 11. The lowest BCUT2D eigenvalue weighted by atomic mass is 9.72. The van der Waals surface area contributed by atoms with Gasteiger partial charge in [0.25, 0.3) is 0 Å². The van der Waals surface area contributed by atoms with Crippen LogP contribution in [-0.4, -0.2) is 49.0 Å². The first kappa shape index (κ1) is 33.2. The monoisotopic (exact) mass is 633 g/mol. The molecule has 1 aromatic carbocycles. The SMILES string of the molecule is COC(OC)c1ccc(OC2=C(C=CC3=[N+](C)C4(C)CC=CC=C4C3(C)C)CCCC2=CC=C2N(C)C3=C(CCC=C3)C2(C)C)cc1. The molecule has 2 heterocycles. The molecule has 0 radical (unpaired) electrons. The first-order valence-corrected chi connectivity index (χ1v) is 17.2. The molecule has 0 amide bonds. The number of ether oxygens (including phenoxy) is 3. The average Bonchev–Trinajstić information content (AvgIpc) is 3.35. The summed E-state index contributed by atoms with van der Waals surface area (Å²) in [7, 11) is 7.78. The summed E-state index contributed by atoms with van der Waals surface area (Å²) in [5.41, 5.74) is 10.4. The lowest BCUT2D eigenvalue weighted by Crippen LogP contribution is -2.36. The van der Waals surface area contributed by atoms with E-state index in [1.807, 2.05) is 24.3 Å². The van der Waals surface area contributed by atoms with Crippen molar-refractivity contribution >= 4 is 5.71 Å². The summed E-state index contributed by atoms with van der Waals surface area (Å²) >= 11 is 0. The molecule has 6 rings (SSSR count). The van der Waals surface area contributed by atoms with E-state index in [1.165, 1.54) is 39.4 Å². The van der Waals surface area contributed by atoms with E-state index in [-0.39, 0.29) is 16.4 Å². The zero-order valence-corrected chi connectivity index (χ0v) is 29.9. The van der Waals surface area contributed by atoms with Crippen LogP contribution in [0.2, 0.25) is 0 Å². The van der Waals surface area contributed by atoms with Crippen molar-refractivity contribution in [2.45, 2.75) is 85.0 Å². The third-order valence-electron chi connectivity index (χ3n) is 11.3. The maximum Gasteiger partial charge on any atom is 0.186 e. The Balaban J connectivity index is 1.40. The van der Waals surface area contributed by atoms with E-state index in [9.17, 15) is 0 Å². The zero-order valence-electron chi connectivity index (χ0n) is 29.9. The molecule has 3 aliphatic carbocycles. The molecule has 0 fully saturated rings. The quantitative estimate of drug-likeness (QED) is 0.211. The molecule has 5 aliphatic rings. The highest BCUT2D eigenvalue weighted by molar-refractivity contribution is 6.00. The Morgan fingerprint density at radius 2 is 1.64 bits per heavy atom. The third kappa shape index (κ3) is 5.76. The average molecular weight is 634 g/mol. The maximum atomic E-state index is 6.85. The van der Waals surface area contributed by atoms with Gasteiger partial charge in [0.15, 0.2) is 17.5 Å². The molecule has 1 unspecified atom stereocenters. The fourth-order valence-electron chi connectivity index (χ4n) is 8.61. The molecule has 0 N–H and O–H groups in total. The topological polar surface area (TPSA) is 33.9 Å². The lowest BCUT2D eigenvalue weighted by Gasteiger charge is -2.27. The van der Waals surface area contributed by atoms with Crippen molar-refractivity contribution in [1.82, 2.24) is 4.90 Å². The number of rotatable bonds is 8. The Hall–Kier alpha value is -3.67. The summed E-state index contributed by atoms with van der Waals surface area (Å²) in [5.74, 6) is 1.77. The van der Waals surface area contributed by atoms with Crippen LogP contribution in [0.15, 0.2) is 118 Å². The molecule has 2 aliphatic heterocycles. The van der Waals surface area contributed by atoms with E-state index >= 15 is 0 Å². The number of nitrogens with zero attached hydrogens (tertiary/aromatic N) is 2. The molecule has 0 bridgehead atoms. The summed E-state index contributed by atoms with van der Waals surface area (Å²) in [4.78, 5) is 2.38. The van der Waals surface area contributed by atoms with Crippen LogP contribution >= 0.6 is 0 Å². The second-order valence-electron chi connectivity index (χ2n) is 14.8. The van der Waals surface area contributed by atoms with E-state index in [2.05, 4.69) is 113 Å². The molecular formula is C42H53N2O3+. The van der Waals surface area contributed by atoms with Crippen LogP contribution in [-0.2, 0) is 9.47 Å². The van der Waals surface area contributed by atoms with Crippen molar-refractivity contribution < 1.29 is 18.8 Å². The Morgan fingerprint density at radius 3 is 2.32 bits per heavy atom. The normalized spacial score (nSPS) is 26.8. The maximum absolute atomic E-state index is 6.85.